The summed E-state index contributed by atoms with van der Waals surface area (Å²) in [4.78, 5) is 4.03. The van der Waals surface area contributed by atoms with Crippen molar-refractivity contribution in [3.63, 3.8) is 0 Å². The Morgan fingerprint density at radius 1 is 1.25 bits per heavy atom. The largest absolute Gasteiger partial charge is 0.492 e. The molecule has 1 aromatic carbocycles. The van der Waals surface area contributed by atoms with Crippen molar-refractivity contribution < 1.29 is 13.5 Å². The van der Waals surface area contributed by atoms with Gasteiger partial charge in [0.1, 0.15) is 12.4 Å². The van der Waals surface area contributed by atoms with E-state index in [9.17, 15) is 8.78 Å². The molecule has 2 rings (SSSR count). The standard InChI is InChI=1S/C15H16F2N2O/c1-11(19-9-12-3-2-6-18-8-12)10-20-13-4-5-14(16)15(17)7-13/h2-8,11,19H,9-10H2,1H3. The molecule has 20 heavy (non-hydrogen) atoms. The molecule has 0 aliphatic carbocycles. The van der Waals surface area contributed by atoms with E-state index in [1.165, 1.54) is 6.07 Å². The van der Waals surface area contributed by atoms with Crippen LogP contribution in [0.15, 0.2) is 42.7 Å². The SMILES string of the molecule is CC(COc1ccc(F)c(F)c1)NCc1cccnc1. The molecule has 1 heterocycles. The minimum absolute atomic E-state index is 0.0725. The van der Waals surface area contributed by atoms with Gasteiger partial charge in [0, 0.05) is 31.0 Å². The lowest BCUT2D eigenvalue weighted by molar-refractivity contribution is 0.270. The van der Waals surface area contributed by atoms with Crippen LogP contribution in [0.25, 0.3) is 0 Å². The first-order chi connectivity index (χ1) is 9.65. The second-order valence-corrected chi connectivity index (χ2v) is 4.53. The van der Waals surface area contributed by atoms with Crippen molar-refractivity contribution in [2.45, 2.75) is 19.5 Å². The molecule has 0 aliphatic heterocycles. The Balaban J connectivity index is 1.77. The Morgan fingerprint density at radius 3 is 2.80 bits per heavy atom. The van der Waals surface area contributed by atoms with Crippen molar-refractivity contribution in [2.75, 3.05) is 6.61 Å². The Kier molecular flexibility index (Phi) is 5.01. The third kappa shape index (κ3) is 4.28. The van der Waals surface area contributed by atoms with Crippen LogP contribution < -0.4 is 10.1 Å². The number of ether oxygens (including phenoxy) is 1. The van der Waals surface area contributed by atoms with Crippen LogP contribution in [0.2, 0.25) is 0 Å². The lowest BCUT2D eigenvalue weighted by Gasteiger charge is -2.15. The number of pyridine rings is 1. The number of nitrogens with zero attached hydrogens (tertiary/aromatic N) is 1. The van der Waals surface area contributed by atoms with Gasteiger partial charge in [-0.2, -0.15) is 0 Å². The van der Waals surface area contributed by atoms with Crippen molar-refractivity contribution in [3.05, 3.63) is 59.9 Å². The maximum absolute atomic E-state index is 13.0. The highest BCUT2D eigenvalue weighted by Crippen LogP contribution is 2.15. The molecule has 0 spiro atoms. The quantitative estimate of drug-likeness (QED) is 0.882. The molecule has 2 aromatic rings. The number of hydrogen-bond acceptors (Lipinski definition) is 3. The van der Waals surface area contributed by atoms with Crippen LogP contribution in [0, 0.1) is 11.6 Å². The van der Waals surface area contributed by atoms with Gasteiger partial charge in [-0.3, -0.25) is 4.98 Å². The third-order valence-corrected chi connectivity index (χ3v) is 2.77. The van der Waals surface area contributed by atoms with Crippen LogP contribution >= 0.6 is 0 Å². The number of halogens is 2. The number of rotatable bonds is 6. The summed E-state index contributed by atoms with van der Waals surface area (Å²) in [5.41, 5.74) is 1.08. The van der Waals surface area contributed by atoms with E-state index >= 15 is 0 Å². The fourth-order valence-corrected chi connectivity index (χ4v) is 1.64. The molecule has 0 saturated carbocycles. The highest BCUT2D eigenvalue weighted by atomic mass is 19.2. The molecule has 0 saturated heterocycles. The second-order valence-electron chi connectivity index (χ2n) is 4.53. The third-order valence-electron chi connectivity index (χ3n) is 2.77. The first-order valence-corrected chi connectivity index (χ1v) is 6.35. The van der Waals surface area contributed by atoms with Gasteiger partial charge in [-0.05, 0) is 30.7 Å². The van der Waals surface area contributed by atoms with E-state index < -0.39 is 11.6 Å². The predicted molar refractivity (Wildman–Crippen MR) is 72.4 cm³/mol. The van der Waals surface area contributed by atoms with Crippen molar-refractivity contribution in [3.8, 4) is 5.75 Å². The smallest absolute Gasteiger partial charge is 0.162 e. The minimum atomic E-state index is -0.904. The Hall–Kier alpha value is -2.01. The summed E-state index contributed by atoms with van der Waals surface area (Å²) in [6.07, 6.45) is 3.51. The topological polar surface area (TPSA) is 34.1 Å². The zero-order chi connectivity index (χ0) is 14.4. The molecular formula is C15H16F2N2O. The number of hydrogen-bond donors (Lipinski definition) is 1. The molecule has 1 aromatic heterocycles. The number of benzene rings is 1. The average Bonchev–Trinajstić information content (AvgIpc) is 2.47. The van der Waals surface area contributed by atoms with Gasteiger partial charge in [0.25, 0.3) is 0 Å². The summed E-state index contributed by atoms with van der Waals surface area (Å²) >= 11 is 0. The van der Waals surface area contributed by atoms with Gasteiger partial charge in [0.2, 0.25) is 0 Å². The van der Waals surface area contributed by atoms with E-state index in [0.717, 1.165) is 17.7 Å². The molecule has 0 fully saturated rings. The molecule has 5 heteroatoms. The fraction of sp³-hybridized carbons (Fsp3) is 0.267. The van der Waals surface area contributed by atoms with Crippen LogP contribution in [-0.2, 0) is 6.54 Å². The Bertz CT molecular complexity index is 549. The van der Waals surface area contributed by atoms with E-state index in [-0.39, 0.29) is 6.04 Å². The Labute approximate surface area is 116 Å². The molecule has 0 amide bonds. The van der Waals surface area contributed by atoms with E-state index in [2.05, 4.69) is 10.3 Å². The normalized spacial score (nSPS) is 12.2. The molecule has 0 aliphatic rings. The number of nitrogens with one attached hydrogen (secondary N) is 1. The van der Waals surface area contributed by atoms with Gasteiger partial charge >= 0.3 is 0 Å². The summed E-state index contributed by atoms with van der Waals surface area (Å²) in [5.74, 6) is -1.46. The molecule has 0 bridgehead atoms. The fourth-order valence-electron chi connectivity index (χ4n) is 1.64. The lowest BCUT2D eigenvalue weighted by Crippen LogP contribution is -2.31. The van der Waals surface area contributed by atoms with Gasteiger partial charge in [-0.25, -0.2) is 8.78 Å². The molecule has 106 valence electrons. The number of aromatic nitrogens is 1. The van der Waals surface area contributed by atoms with Gasteiger partial charge in [0.05, 0.1) is 0 Å². The molecule has 1 N–H and O–H groups in total. The molecule has 1 atom stereocenters. The van der Waals surface area contributed by atoms with Gasteiger partial charge in [-0.15, -0.1) is 0 Å². The van der Waals surface area contributed by atoms with Crippen LogP contribution in [-0.4, -0.2) is 17.6 Å². The minimum Gasteiger partial charge on any atom is -0.492 e. The van der Waals surface area contributed by atoms with E-state index in [4.69, 9.17) is 4.74 Å². The van der Waals surface area contributed by atoms with Gasteiger partial charge < -0.3 is 10.1 Å². The summed E-state index contributed by atoms with van der Waals surface area (Å²) in [6, 6.07) is 7.43. The first-order valence-electron chi connectivity index (χ1n) is 6.35. The highest BCUT2D eigenvalue weighted by molar-refractivity contribution is 5.23. The predicted octanol–water partition coefficient (Wildman–Crippen LogP) is 2.92. The zero-order valence-electron chi connectivity index (χ0n) is 11.1. The summed E-state index contributed by atoms with van der Waals surface area (Å²) < 4.78 is 31.2. The van der Waals surface area contributed by atoms with Crippen molar-refractivity contribution in [1.29, 1.82) is 0 Å². The average molecular weight is 278 g/mol. The summed E-state index contributed by atoms with van der Waals surface area (Å²) in [7, 11) is 0. The van der Waals surface area contributed by atoms with Gasteiger partial charge in [-0.1, -0.05) is 6.07 Å². The van der Waals surface area contributed by atoms with E-state index in [1.807, 2.05) is 19.1 Å². The first kappa shape index (κ1) is 14.4. The summed E-state index contributed by atoms with van der Waals surface area (Å²) in [6.45, 7) is 3.00. The molecular weight excluding hydrogens is 262 g/mol. The van der Waals surface area contributed by atoms with Crippen LogP contribution in [0.1, 0.15) is 12.5 Å². The summed E-state index contributed by atoms with van der Waals surface area (Å²) in [5, 5.41) is 3.26. The zero-order valence-corrected chi connectivity index (χ0v) is 11.1. The highest BCUT2D eigenvalue weighted by Gasteiger charge is 2.06. The molecule has 1 unspecified atom stereocenters. The monoisotopic (exact) mass is 278 g/mol. The maximum atomic E-state index is 13.0. The van der Waals surface area contributed by atoms with E-state index in [0.29, 0.717) is 18.9 Å². The lowest BCUT2D eigenvalue weighted by atomic mass is 10.2. The molecule has 3 nitrogen and oxygen atoms in total. The van der Waals surface area contributed by atoms with Crippen LogP contribution in [0.3, 0.4) is 0 Å². The van der Waals surface area contributed by atoms with Crippen molar-refractivity contribution >= 4 is 0 Å². The second kappa shape index (κ2) is 6.96. The Morgan fingerprint density at radius 2 is 2.10 bits per heavy atom. The van der Waals surface area contributed by atoms with Crippen molar-refractivity contribution in [1.82, 2.24) is 10.3 Å². The molecule has 0 radical (unpaired) electrons. The van der Waals surface area contributed by atoms with Crippen LogP contribution in [0.4, 0.5) is 8.78 Å². The van der Waals surface area contributed by atoms with E-state index in [1.54, 1.807) is 12.4 Å². The van der Waals surface area contributed by atoms with Gasteiger partial charge in [0.15, 0.2) is 11.6 Å². The maximum Gasteiger partial charge on any atom is 0.162 e. The van der Waals surface area contributed by atoms with Crippen LogP contribution in [0.5, 0.6) is 5.75 Å². The van der Waals surface area contributed by atoms with Crippen molar-refractivity contribution in [2.24, 2.45) is 0 Å².